The van der Waals surface area contributed by atoms with Gasteiger partial charge >= 0.3 is 0 Å². The van der Waals surface area contributed by atoms with E-state index in [0.29, 0.717) is 6.54 Å². The molecule has 0 bridgehead atoms. The van der Waals surface area contributed by atoms with E-state index in [-0.39, 0.29) is 0 Å². The average Bonchev–Trinajstić information content (AvgIpc) is 2.74. The van der Waals surface area contributed by atoms with E-state index in [0.717, 1.165) is 5.82 Å². The number of nitrogens with zero attached hydrogens (tertiary/aromatic N) is 3. The van der Waals surface area contributed by atoms with Crippen LogP contribution in [-0.2, 0) is 6.54 Å². The monoisotopic (exact) mass is 209 g/mol. The van der Waals surface area contributed by atoms with Gasteiger partial charge in [-0.15, -0.1) is 0 Å². The van der Waals surface area contributed by atoms with Gasteiger partial charge in [0.1, 0.15) is 5.82 Å². The first kappa shape index (κ1) is 9.09. The van der Waals surface area contributed by atoms with Crippen molar-refractivity contribution in [3.05, 3.63) is 60.8 Å². The summed E-state index contributed by atoms with van der Waals surface area (Å²) in [4.78, 5) is 8.46. The van der Waals surface area contributed by atoms with Gasteiger partial charge in [-0.1, -0.05) is 18.2 Å². The van der Waals surface area contributed by atoms with Crippen molar-refractivity contribution in [1.82, 2.24) is 14.5 Å². The molecule has 78 valence electrons. The lowest BCUT2D eigenvalue weighted by Crippen LogP contribution is -2.01. The normalized spacial score (nSPS) is 10.8. The van der Waals surface area contributed by atoms with E-state index in [9.17, 15) is 0 Å². The highest BCUT2D eigenvalue weighted by atomic mass is 15.0. The number of para-hydroxylation sites is 1. The van der Waals surface area contributed by atoms with Gasteiger partial charge in [-0.25, -0.2) is 9.97 Å². The summed E-state index contributed by atoms with van der Waals surface area (Å²) in [5.41, 5.74) is 1.22. The third-order valence-corrected chi connectivity index (χ3v) is 2.61. The Morgan fingerprint density at radius 2 is 1.75 bits per heavy atom. The fourth-order valence-corrected chi connectivity index (χ4v) is 1.84. The first-order valence-electron chi connectivity index (χ1n) is 5.23. The number of hydrogen-bond donors (Lipinski definition) is 0. The van der Waals surface area contributed by atoms with Crippen LogP contribution in [0.1, 0.15) is 5.82 Å². The Balaban J connectivity index is 2.01. The second kappa shape index (κ2) is 3.77. The summed E-state index contributed by atoms with van der Waals surface area (Å²) in [5.74, 6) is 0.837. The standard InChI is InChI=1S/C13H11N3/c1-2-5-12-11(4-1)6-9-16(12)10-13-14-7-3-8-15-13/h1-9H,10H2. The molecule has 3 heteroatoms. The minimum Gasteiger partial charge on any atom is -0.340 e. The van der Waals surface area contributed by atoms with E-state index in [1.54, 1.807) is 12.4 Å². The van der Waals surface area contributed by atoms with Crippen LogP contribution in [0.4, 0.5) is 0 Å². The summed E-state index contributed by atoms with van der Waals surface area (Å²) < 4.78 is 2.16. The van der Waals surface area contributed by atoms with E-state index in [1.807, 2.05) is 18.2 Å². The smallest absolute Gasteiger partial charge is 0.147 e. The maximum Gasteiger partial charge on any atom is 0.147 e. The van der Waals surface area contributed by atoms with Crippen LogP contribution in [0.15, 0.2) is 55.0 Å². The lowest BCUT2D eigenvalue weighted by molar-refractivity contribution is 0.771. The van der Waals surface area contributed by atoms with Crippen LogP contribution in [0, 0.1) is 0 Å². The third kappa shape index (κ3) is 1.56. The number of hydrogen-bond acceptors (Lipinski definition) is 2. The zero-order valence-electron chi connectivity index (χ0n) is 8.74. The molecule has 0 aliphatic carbocycles. The molecule has 0 saturated heterocycles. The Hall–Kier alpha value is -2.16. The van der Waals surface area contributed by atoms with E-state index in [1.165, 1.54) is 10.9 Å². The molecule has 0 radical (unpaired) electrons. The first-order valence-corrected chi connectivity index (χ1v) is 5.23. The molecular weight excluding hydrogens is 198 g/mol. The molecule has 0 saturated carbocycles. The Bertz CT molecular complexity index is 599. The van der Waals surface area contributed by atoms with Gasteiger partial charge in [0.15, 0.2) is 0 Å². The summed E-state index contributed by atoms with van der Waals surface area (Å²) in [6.45, 7) is 0.717. The highest BCUT2D eigenvalue weighted by molar-refractivity contribution is 5.79. The molecule has 16 heavy (non-hydrogen) atoms. The minimum absolute atomic E-state index is 0.717. The lowest BCUT2D eigenvalue weighted by atomic mass is 10.2. The van der Waals surface area contributed by atoms with Crippen molar-refractivity contribution in [2.24, 2.45) is 0 Å². The summed E-state index contributed by atoms with van der Waals surface area (Å²) in [6.07, 6.45) is 5.61. The van der Waals surface area contributed by atoms with Crippen LogP contribution in [-0.4, -0.2) is 14.5 Å². The van der Waals surface area contributed by atoms with Crippen LogP contribution in [0.3, 0.4) is 0 Å². The number of fused-ring (bicyclic) bond motifs is 1. The zero-order chi connectivity index (χ0) is 10.8. The van der Waals surface area contributed by atoms with Gasteiger partial charge in [-0.2, -0.15) is 0 Å². The molecule has 0 spiro atoms. The van der Waals surface area contributed by atoms with Gasteiger partial charge in [0, 0.05) is 24.1 Å². The third-order valence-electron chi connectivity index (χ3n) is 2.61. The second-order valence-electron chi connectivity index (χ2n) is 3.67. The van der Waals surface area contributed by atoms with Crippen molar-refractivity contribution in [2.45, 2.75) is 6.54 Å². The highest BCUT2D eigenvalue weighted by Gasteiger charge is 2.01. The maximum atomic E-state index is 4.23. The van der Waals surface area contributed by atoms with Crippen LogP contribution < -0.4 is 0 Å². The molecule has 0 atom stereocenters. The quantitative estimate of drug-likeness (QED) is 0.649. The van der Waals surface area contributed by atoms with Crippen LogP contribution in [0.5, 0.6) is 0 Å². The zero-order valence-corrected chi connectivity index (χ0v) is 8.74. The van der Waals surface area contributed by atoms with E-state index >= 15 is 0 Å². The topological polar surface area (TPSA) is 30.7 Å². The molecule has 0 unspecified atom stereocenters. The highest BCUT2D eigenvalue weighted by Crippen LogP contribution is 2.15. The second-order valence-corrected chi connectivity index (χ2v) is 3.67. The number of aromatic nitrogens is 3. The summed E-state index contributed by atoms with van der Waals surface area (Å²) in [6, 6.07) is 12.3. The summed E-state index contributed by atoms with van der Waals surface area (Å²) >= 11 is 0. The van der Waals surface area contributed by atoms with Gasteiger partial charge in [0.05, 0.1) is 6.54 Å². The van der Waals surface area contributed by atoms with E-state index in [2.05, 4.69) is 38.9 Å². The average molecular weight is 209 g/mol. The fourth-order valence-electron chi connectivity index (χ4n) is 1.84. The van der Waals surface area contributed by atoms with Gasteiger partial charge in [-0.3, -0.25) is 0 Å². The molecule has 3 rings (SSSR count). The Morgan fingerprint density at radius 1 is 0.938 bits per heavy atom. The van der Waals surface area contributed by atoms with Crippen molar-refractivity contribution < 1.29 is 0 Å². The molecule has 0 N–H and O–H groups in total. The molecule has 3 aromatic rings. The minimum atomic E-state index is 0.717. The predicted octanol–water partition coefficient (Wildman–Crippen LogP) is 2.48. The molecule has 0 fully saturated rings. The molecule has 2 aromatic heterocycles. The molecule has 0 amide bonds. The summed E-state index contributed by atoms with van der Waals surface area (Å²) in [7, 11) is 0. The molecule has 0 aliphatic heterocycles. The number of rotatable bonds is 2. The van der Waals surface area contributed by atoms with E-state index in [4.69, 9.17) is 0 Å². The first-order chi connectivity index (χ1) is 7.93. The molecular formula is C13H11N3. The molecule has 2 heterocycles. The van der Waals surface area contributed by atoms with Crippen LogP contribution in [0.25, 0.3) is 10.9 Å². The summed E-state index contributed by atoms with van der Waals surface area (Å²) in [5, 5.41) is 1.25. The molecule has 3 nitrogen and oxygen atoms in total. The van der Waals surface area contributed by atoms with Crippen LogP contribution >= 0.6 is 0 Å². The van der Waals surface area contributed by atoms with Gasteiger partial charge in [-0.05, 0) is 23.6 Å². The van der Waals surface area contributed by atoms with Gasteiger partial charge in [0.2, 0.25) is 0 Å². The predicted molar refractivity (Wildman–Crippen MR) is 63.1 cm³/mol. The van der Waals surface area contributed by atoms with Crippen LogP contribution in [0.2, 0.25) is 0 Å². The SMILES string of the molecule is c1cnc(Cn2ccc3ccccc32)nc1. The maximum absolute atomic E-state index is 4.23. The fraction of sp³-hybridized carbons (Fsp3) is 0.0769. The van der Waals surface area contributed by atoms with Gasteiger partial charge < -0.3 is 4.57 Å². The van der Waals surface area contributed by atoms with Crippen molar-refractivity contribution >= 4 is 10.9 Å². The largest absolute Gasteiger partial charge is 0.340 e. The number of benzene rings is 1. The lowest BCUT2D eigenvalue weighted by Gasteiger charge is -2.03. The Morgan fingerprint density at radius 3 is 2.62 bits per heavy atom. The Kier molecular flexibility index (Phi) is 2.14. The Labute approximate surface area is 93.4 Å². The molecule has 1 aromatic carbocycles. The molecule has 0 aliphatic rings. The van der Waals surface area contributed by atoms with Gasteiger partial charge in [0.25, 0.3) is 0 Å². The van der Waals surface area contributed by atoms with Crippen molar-refractivity contribution in [2.75, 3.05) is 0 Å². The van der Waals surface area contributed by atoms with Crippen molar-refractivity contribution in [3.63, 3.8) is 0 Å². The van der Waals surface area contributed by atoms with Crippen molar-refractivity contribution in [1.29, 1.82) is 0 Å². The van der Waals surface area contributed by atoms with E-state index < -0.39 is 0 Å². The van der Waals surface area contributed by atoms with Crippen molar-refractivity contribution in [3.8, 4) is 0 Å².